The van der Waals surface area contributed by atoms with Crippen molar-refractivity contribution in [3.63, 3.8) is 0 Å². The zero-order chi connectivity index (χ0) is 17.4. The van der Waals surface area contributed by atoms with Gasteiger partial charge < -0.3 is 18.9 Å². The van der Waals surface area contributed by atoms with E-state index in [1.165, 1.54) is 12.1 Å². The quantitative estimate of drug-likeness (QED) is 0.592. The number of carbonyl (C=O) groups excluding carboxylic acids is 2. The number of rotatable bonds is 6. The van der Waals surface area contributed by atoms with Crippen LogP contribution in [0.4, 0.5) is 4.79 Å². The van der Waals surface area contributed by atoms with Crippen LogP contribution in [0.25, 0.3) is 0 Å². The summed E-state index contributed by atoms with van der Waals surface area (Å²) in [4.78, 5) is 23.7. The van der Waals surface area contributed by atoms with Crippen molar-refractivity contribution in [3.05, 3.63) is 54.1 Å². The molecule has 0 radical (unpaired) electrons. The van der Waals surface area contributed by atoms with Gasteiger partial charge in [-0.1, -0.05) is 12.1 Å². The minimum absolute atomic E-state index is 0.0758. The van der Waals surface area contributed by atoms with E-state index in [-0.39, 0.29) is 17.9 Å². The Kier molecular flexibility index (Phi) is 6.19. The zero-order valence-corrected chi connectivity index (χ0v) is 13.5. The summed E-state index contributed by atoms with van der Waals surface area (Å²) in [6.07, 6.45) is -0.948. The molecule has 0 fully saturated rings. The van der Waals surface area contributed by atoms with Gasteiger partial charge >= 0.3 is 12.1 Å². The summed E-state index contributed by atoms with van der Waals surface area (Å²) in [5, 5.41) is 0. The van der Waals surface area contributed by atoms with Crippen LogP contribution in [0, 0.1) is 0 Å². The topological polar surface area (TPSA) is 71.1 Å². The predicted octanol–water partition coefficient (Wildman–Crippen LogP) is 3.84. The van der Waals surface area contributed by atoms with Gasteiger partial charge in [0.1, 0.15) is 22.8 Å². The molecule has 24 heavy (non-hydrogen) atoms. The van der Waals surface area contributed by atoms with Crippen molar-refractivity contribution in [2.45, 2.75) is 13.8 Å². The third kappa shape index (κ3) is 4.74. The fraction of sp³-hybridized carbons (Fsp3) is 0.222. The lowest BCUT2D eigenvalue weighted by Crippen LogP contribution is -2.16. The average molecular weight is 330 g/mol. The van der Waals surface area contributed by atoms with Crippen LogP contribution in [0.2, 0.25) is 0 Å². The smallest absolute Gasteiger partial charge is 0.494 e. The van der Waals surface area contributed by atoms with Crippen molar-refractivity contribution in [2.24, 2.45) is 0 Å². The predicted molar refractivity (Wildman–Crippen MR) is 86.7 cm³/mol. The molecule has 0 amide bonds. The molecule has 2 aromatic carbocycles. The van der Waals surface area contributed by atoms with Gasteiger partial charge in [0.15, 0.2) is 0 Å². The molecule has 0 aliphatic heterocycles. The number of para-hydroxylation sites is 1. The average Bonchev–Trinajstić information content (AvgIpc) is 2.57. The Labute approximate surface area is 139 Å². The highest BCUT2D eigenvalue weighted by Crippen LogP contribution is 2.21. The lowest BCUT2D eigenvalue weighted by Gasteiger charge is -2.09. The molecule has 0 aliphatic carbocycles. The van der Waals surface area contributed by atoms with E-state index in [4.69, 9.17) is 18.9 Å². The molecule has 0 saturated carbocycles. The maximum Gasteiger partial charge on any atom is 0.519 e. The molecule has 0 heterocycles. The molecule has 0 atom stereocenters. The summed E-state index contributed by atoms with van der Waals surface area (Å²) >= 11 is 0. The van der Waals surface area contributed by atoms with E-state index in [1.54, 1.807) is 43.3 Å². The zero-order valence-electron chi connectivity index (χ0n) is 13.5. The van der Waals surface area contributed by atoms with Crippen LogP contribution in [0.15, 0.2) is 48.5 Å². The fourth-order valence-electron chi connectivity index (χ4n) is 1.91. The minimum Gasteiger partial charge on any atom is -0.494 e. The number of esters is 1. The molecule has 2 rings (SSSR count). The summed E-state index contributed by atoms with van der Waals surface area (Å²) in [7, 11) is 0. The van der Waals surface area contributed by atoms with Crippen molar-refractivity contribution in [2.75, 3.05) is 13.2 Å². The van der Waals surface area contributed by atoms with Gasteiger partial charge in [0.25, 0.3) is 0 Å². The molecule has 6 nitrogen and oxygen atoms in total. The van der Waals surface area contributed by atoms with E-state index in [9.17, 15) is 9.59 Å². The summed E-state index contributed by atoms with van der Waals surface area (Å²) in [5.41, 5.74) is 0.156. The fourth-order valence-corrected chi connectivity index (χ4v) is 1.91. The van der Waals surface area contributed by atoms with Crippen molar-refractivity contribution in [3.8, 4) is 17.2 Å². The van der Waals surface area contributed by atoms with E-state index < -0.39 is 12.1 Å². The van der Waals surface area contributed by atoms with Gasteiger partial charge in [0, 0.05) is 0 Å². The standard InChI is InChI=1S/C18H18O6/c1-3-21-13-9-11-14(12-10-13)23-18(20)24-16-8-6-5-7-15(16)17(19)22-4-2/h5-12H,3-4H2,1-2H3. The van der Waals surface area contributed by atoms with Crippen LogP contribution in [-0.4, -0.2) is 25.3 Å². The highest BCUT2D eigenvalue weighted by atomic mass is 16.7. The van der Waals surface area contributed by atoms with Crippen LogP contribution in [0.3, 0.4) is 0 Å². The van der Waals surface area contributed by atoms with Gasteiger partial charge in [-0.3, -0.25) is 0 Å². The van der Waals surface area contributed by atoms with Gasteiger partial charge in [0.2, 0.25) is 0 Å². The molecule has 0 bridgehead atoms. The van der Waals surface area contributed by atoms with Gasteiger partial charge in [0.05, 0.1) is 13.2 Å². The van der Waals surface area contributed by atoms with Gasteiger partial charge in [-0.2, -0.15) is 0 Å². The monoisotopic (exact) mass is 330 g/mol. The number of benzene rings is 2. The van der Waals surface area contributed by atoms with Crippen molar-refractivity contribution < 1.29 is 28.5 Å². The van der Waals surface area contributed by atoms with Crippen LogP contribution < -0.4 is 14.2 Å². The first-order valence-corrected chi connectivity index (χ1v) is 7.52. The molecule has 0 saturated heterocycles. The van der Waals surface area contributed by atoms with Crippen molar-refractivity contribution >= 4 is 12.1 Å². The SMILES string of the molecule is CCOC(=O)c1ccccc1OC(=O)Oc1ccc(OCC)cc1. The van der Waals surface area contributed by atoms with Crippen LogP contribution in [0.1, 0.15) is 24.2 Å². The minimum atomic E-state index is -0.948. The molecule has 6 heteroatoms. The Morgan fingerprint density at radius 3 is 2.17 bits per heavy atom. The highest BCUT2D eigenvalue weighted by molar-refractivity contribution is 5.93. The Bertz CT molecular complexity index is 693. The Hall–Kier alpha value is -3.02. The molecule has 0 unspecified atom stereocenters. The number of ether oxygens (including phenoxy) is 4. The molecular weight excluding hydrogens is 312 g/mol. The summed E-state index contributed by atoms with van der Waals surface area (Å²) in [6.45, 7) is 4.35. The first-order chi connectivity index (χ1) is 11.6. The largest absolute Gasteiger partial charge is 0.519 e. The molecule has 0 aromatic heterocycles. The molecule has 2 aromatic rings. The van der Waals surface area contributed by atoms with E-state index in [2.05, 4.69) is 0 Å². The molecule has 0 spiro atoms. The van der Waals surface area contributed by atoms with Gasteiger partial charge in [-0.05, 0) is 50.2 Å². The lowest BCUT2D eigenvalue weighted by molar-refractivity contribution is 0.0522. The lowest BCUT2D eigenvalue weighted by atomic mass is 10.2. The summed E-state index contributed by atoms with van der Waals surface area (Å²) < 4.78 is 20.4. The van der Waals surface area contributed by atoms with E-state index >= 15 is 0 Å². The van der Waals surface area contributed by atoms with E-state index in [0.717, 1.165) is 0 Å². The second-order valence-corrected chi connectivity index (χ2v) is 4.58. The molecular formula is C18H18O6. The third-order valence-corrected chi connectivity index (χ3v) is 2.91. The second-order valence-electron chi connectivity index (χ2n) is 4.58. The van der Waals surface area contributed by atoms with Crippen molar-refractivity contribution in [1.29, 1.82) is 0 Å². The van der Waals surface area contributed by atoms with Gasteiger partial charge in [-0.25, -0.2) is 9.59 Å². The summed E-state index contributed by atoms with van der Waals surface area (Å²) in [6, 6.07) is 12.8. The number of hydrogen-bond acceptors (Lipinski definition) is 6. The number of carbonyl (C=O) groups is 2. The highest BCUT2D eigenvalue weighted by Gasteiger charge is 2.17. The third-order valence-electron chi connectivity index (χ3n) is 2.91. The first kappa shape index (κ1) is 17.3. The Morgan fingerprint density at radius 1 is 0.833 bits per heavy atom. The molecule has 0 N–H and O–H groups in total. The van der Waals surface area contributed by atoms with Crippen LogP contribution in [0.5, 0.6) is 17.2 Å². The maximum atomic E-state index is 11.9. The van der Waals surface area contributed by atoms with Gasteiger partial charge in [-0.15, -0.1) is 0 Å². The maximum absolute atomic E-state index is 11.9. The van der Waals surface area contributed by atoms with Crippen LogP contribution >= 0.6 is 0 Å². The second kappa shape index (κ2) is 8.57. The normalized spacial score (nSPS) is 9.92. The Morgan fingerprint density at radius 2 is 1.50 bits per heavy atom. The molecule has 0 aliphatic rings. The first-order valence-electron chi connectivity index (χ1n) is 7.52. The number of hydrogen-bond donors (Lipinski definition) is 0. The Balaban J connectivity index is 2.03. The van der Waals surface area contributed by atoms with E-state index in [0.29, 0.717) is 18.1 Å². The van der Waals surface area contributed by atoms with Crippen LogP contribution in [-0.2, 0) is 4.74 Å². The van der Waals surface area contributed by atoms with E-state index in [1.807, 2.05) is 6.92 Å². The molecule has 126 valence electrons. The van der Waals surface area contributed by atoms with Crippen molar-refractivity contribution in [1.82, 2.24) is 0 Å². The summed E-state index contributed by atoms with van der Waals surface area (Å²) in [5.74, 6) is 0.483.